The Hall–Kier alpha value is -1.06. The summed E-state index contributed by atoms with van der Waals surface area (Å²) in [4.78, 5) is 24.9. The summed E-state index contributed by atoms with van der Waals surface area (Å²) >= 11 is 0. The van der Waals surface area contributed by atoms with E-state index in [0.717, 1.165) is 6.42 Å². The number of hydrogen-bond acceptors (Lipinski definition) is 2. The fraction of sp³-hybridized carbons (Fsp3) is 0.846. The largest absolute Gasteiger partial charge is 0.481 e. The maximum Gasteiger partial charge on any atom is 0.306 e. The van der Waals surface area contributed by atoms with Crippen molar-refractivity contribution in [3.63, 3.8) is 0 Å². The van der Waals surface area contributed by atoms with Gasteiger partial charge in [0.25, 0.3) is 0 Å². The van der Waals surface area contributed by atoms with E-state index in [2.05, 4.69) is 6.92 Å². The lowest BCUT2D eigenvalue weighted by atomic mass is 10.0. The molecule has 1 amide bonds. The maximum atomic E-state index is 12.2. The van der Waals surface area contributed by atoms with Crippen molar-refractivity contribution < 1.29 is 14.7 Å². The van der Waals surface area contributed by atoms with Crippen LogP contribution in [0.1, 0.15) is 39.0 Å². The number of carbonyl (C=O) groups is 2. The van der Waals surface area contributed by atoms with Gasteiger partial charge in [-0.15, -0.1) is 0 Å². The van der Waals surface area contributed by atoms with Crippen LogP contribution in [0.4, 0.5) is 0 Å². The summed E-state index contributed by atoms with van der Waals surface area (Å²) in [6.07, 6.45) is 4.35. The number of amides is 1. The van der Waals surface area contributed by atoms with Crippen LogP contribution in [0, 0.1) is 17.8 Å². The lowest BCUT2D eigenvalue weighted by Gasteiger charge is -2.27. The molecule has 0 spiro atoms. The highest BCUT2D eigenvalue weighted by Crippen LogP contribution is 2.37. The highest BCUT2D eigenvalue weighted by molar-refractivity contribution is 5.81. The van der Waals surface area contributed by atoms with Gasteiger partial charge in [-0.2, -0.15) is 0 Å². The van der Waals surface area contributed by atoms with Crippen LogP contribution in [0.3, 0.4) is 0 Å². The molecule has 0 aliphatic heterocycles. The van der Waals surface area contributed by atoms with Gasteiger partial charge >= 0.3 is 5.97 Å². The third-order valence-electron chi connectivity index (χ3n) is 4.39. The molecule has 3 unspecified atom stereocenters. The van der Waals surface area contributed by atoms with E-state index < -0.39 is 5.97 Å². The Kier molecular flexibility index (Phi) is 3.40. The van der Waals surface area contributed by atoms with Crippen molar-refractivity contribution in [1.82, 2.24) is 4.90 Å². The molecule has 2 rings (SSSR count). The smallest absolute Gasteiger partial charge is 0.306 e. The van der Waals surface area contributed by atoms with Crippen LogP contribution < -0.4 is 0 Å². The summed E-state index contributed by atoms with van der Waals surface area (Å²) < 4.78 is 0. The summed E-state index contributed by atoms with van der Waals surface area (Å²) in [5.41, 5.74) is 0. The Bertz CT molecular complexity index is 325. The first-order valence-corrected chi connectivity index (χ1v) is 6.50. The molecular weight excluding hydrogens is 218 g/mol. The number of hydrogen-bond donors (Lipinski definition) is 1. The SMILES string of the molecule is CC(C1CC1)N(C)C(=O)C1CCC(C(=O)O)C1. The topological polar surface area (TPSA) is 57.6 Å². The van der Waals surface area contributed by atoms with E-state index in [1.807, 2.05) is 11.9 Å². The summed E-state index contributed by atoms with van der Waals surface area (Å²) in [5, 5.41) is 8.93. The minimum atomic E-state index is -0.752. The molecule has 1 N–H and O–H groups in total. The number of carboxylic acid groups (broad SMARTS) is 1. The molecule has 0 aromatic carbocycles. The second-order valence-corrected chi connectivity index (χ2v) is 5.57. The molecule has 0 aromatic rings. The van der Waals surface area contributed by atoms with Crippen molar-refractivity contribution in [1.29, 1.82) is 0 Å². The molecule has 2 saturated carbocycles. The molecule has 2 fully saturated rings. The average molecular weight is 239 g/mol. The fourth-order valence-corrected chi connectivity index (χ4v) is 2.81. The van der Waals surface area contributed by atoms with E-state index in [4.69, 9.17) is 5.11 Å². The zero-order valence-electron chi connectivity index (χ0n) is 10.6. The lowest BCUT2D eigenvalue weighted by Crippen LogP contribution is -2.39. The number of carbonyl (C=O) groups excluding carboxylic acids is 1. The van der Waals surface area contributed by atoms with Gasteiger partial charge in [0, 0.05) is 19.0 Å². The summed E-state index contributed by atoms with van der Waals surface area (Å²) in [6.45, 7) is 2.10. The van der Waals surface area contributed by atoms with Gasteiger partial charge in [-0.1, -0.05) is 0 Å². The van der Waals surface area contributed by atoms with Gasteiger partial charge in [0.15, 0.2) is 0 Å². The van der Waals surface area contributed by atoms with Crippen LogP contribution in [0.2, 0.25) is 0 Å². The lowest BCUT2D eigenvalue weighted by molar-refractivity contribution is -0.141. The Morgan fingerprint density at radius 3 is 2.24 bits per heavy atom. The summed E-state index contributed by atoms with van der Waals surface area (Å²) in [5.74, 6) is -0.317. The van der Waals surface area contributed by atoms with Gasteiger partial charge in [-0.05, 0) is 44.9 Å². The van der Waals surface area contributed by atoms with Gasteiger partial charge in [0.05, 0.1) is 5.92 Å². The normalized spacial score (nSPS) is 30.0. The predicted molar refractivity (Wildman–Crippen MR) is 63.4 cm³/mol. The summed E-state index contributed by atoms with van der Waals surface area (Å²) in [7, 11) is 1.86. The van der Waals surface area contributed by atoms with E-state index in [-0.39, 0.29) is 17.7 Å². The first kappa shape index (κ1) is 12.4. The van der Waals surface area contributed by atoms with E-state index in [1.54, 1.807) is 0 Å². The third-order valence-corrected chi connectivity index (χ3v) is 4.39. The molecule has 96 valence electrons. The van der Waals surface area contributed by atoms with E-state index in [1.165, 1.54) is 12.8 Å². The van der Waals surface area contributed by atoms with E-state index >= 15 is 0 Å². The van der Waals surface area contributed by atoms with Crippen LogP contribution in [-0.2, 0) is 9.59 Å². The van der Waals surface area contributed by atoms with Crippen LogP contribution in [0.25, 0.3) is 0 Å². The Morgan fingerprint density at radius 1 is 1.18 bits per heavy atom. The molecule has 4 nitrogen and oxygen atoms in total. The Balaban J connectivity index is 1.89. The first-order chi connectivity index (χ1) is 8.00. The van der Waals surface area contributed by atoms with Crippen molar-refractivity contribution in [3.05, 3.63) is 0 Å². The van der Waals surface area contributed by atoms with Crippen molar-refractivity contribution >= 4 is 11.9 Å². The molecule has 3 atom stereocenters. The quantitative estimate of drug-likeness (QED) is 0.813. The van der Waals surface area contributed by atoms with Gasteiger partial charge in [0.2, 0.25) is 5.91 Å². The molecule has 17 heavy (non-hydrogen) atoms. The van der Waals surface area contributed by atoms with E-state index in [9.17, 15) is 9.59 Å². The van der Waals surface area contributed by atoms with Gasteiger partial charge in [0.1, 0.15) is 0 Å². The molecular formula is C13H21NO3. The van der Waals surface area contributed by atoms with E-state index in [0.29, 0.717) is 24.8 Å². The zero-order valence-corrected chi connectivity index (χ0v) is 10.6. The highest BCUT2D eigenvalue weighted by Gasteiger charge is 2.38. The van der Waals surface area contributed by atoms with Crippen LogP contribution in [0.15, 0.2) is 0 Å². The van der Waals surface area contributed by atoms with Crippen molar-refractivity contribution in [2.24, 2.45) is 17.8 Å². The predicted octanol–water partition coefficient (Wildman–Crippen LogP) is 1.74. The summed E-state index contributed by atoms with van der Waals surface area (Å²) in [6, 6.07) is 0.311. The number of rotatable bonds is 4. The molecule has 0 saturated heterocycles. The first-order valence-electron chi connectivity index (χ1n) is 6.50. The zero-order chi connectivity index (χ0) is 12.6. The van der Waals surface area contributed by atoms with Gasteiger partial charge in [-0.25, -0.2) is 0 Å². The fourth-order valence-electron chi connectivity index (χ4n) is 2.81. The van der Waals surface area contributed by atoms with Crippen molar-refractivity contribution in [2.75, 3.05) is 7.05 Å². The highest BCUT2D eigenvalue weighted by atomic mass is 16.4. The minimum absolute atomic E-state index is 0.0673. The van der Waals surface area contributed by atoms with Crippen LogP contribution in [-0.4, -0.2) is 35.0 Å². The average Bonchev–Trinajstić information content (AvgIpc) is 3.03. The molecule has 0 aromatic heterocycles. The number of nitrogens with zero attached hydrogens (tertiary/aromatic N) is 1. The molecule has 2 aliphatic carbocycles. The van der Waals surface area contributed by atoms with Crippen molar-refractivity contribution in [3.8, 4) is 0 Å². The number of carboxylic acids is 1. The molecule has 2 aliphatic rings. The Morgan fingerprint density at radius 2 is 1.76 bits per heavy atom. The van der Waals surface area contributed by atoms with Gasteiger partial charge < -0.3 is 10.0 Å². The molecule has 0 bridgehead atoms. The van der Waals surface area contributed by atoms with Crippen molar-refractivity contribution in [2.45, 2.75) is 45.1 Å². The monoisotopic (exact) mass is 239 g/mol. The standard InChI is InChI=1S/C13H21NO3/c1-8(9-3-4-9)14(2)12(15)10-5-6-11(7-10)13(16)17/h8-11H,3-7H2,1-2H3,(H,16,17). The second-order valence-electron chi connectivity index (χ2n) is 5.57. The Labute approximate surface area is 102 Å². The molecule has 0 radical (unpaired) electrons. The maximum absolute atomic E-state index is 12.2. The van der Waals surface area contributed by atoms with Gasteiger partial charge in [-0.3, -0.25) is 9.59 Å². The third kappa shape index (κ3) is 2.61. The molecule has 4 heteroatoms. The minimum Gasteiger partial charge on any atom is -0.481 e. The molecule has 0 heterocycles. The van der Waals surface area contributed by atoms with Crippen LogP contribution in [0.5, 0.6) is 0 Å². The second kappa shape index (κ2) is 4.67. The van der Waals surface area contributed by atoms with Crippen LogP contribution >= 0.6 is 0 Å². The number of aliphatic carboxylic acids is 1.